The fraction of sp³-hybridized carbons (Fsp3) is 0.688. The fourth-order valence-corrected chi connectivity index (χ4v) is 1.88. The zero-order valence-corrected chi connectivity index (χ0v) is 14.8. The lowest BCUT2D eigenvalue weighted by Crippen LogP contribution is -2.57. The van der Waals surface area contributed by atoms with Gasteiger partial charge in [0, 0.05) is 13.7 Å². The van der Waals surface area contributed by atoms with Gasteiger partial charge in [0.15, 0.2) is 0 Å². The molecular formula is C16H29NO6. The van der Waals surface area contributed by atoms with E-state index in [1.807, 2.05) is 6.92 Å². The Hall–Kier alpha value is -1.57. The summed E-state index contributed by atoms with van der Waals surface area (Å²) < 4.78 is 27.7. The number of allylic oxidation sites excluding steroid dienone is 1. The van der Waals surface area contributed by atoms with Gasteiger partial charge in [0.25, 0.3) is 0 Å². The van der Waals surface area contributed by atoms with Crippen LogP contribution in [0.4, 0.5) is 0 Å². The normalized spacial score (nSPS) is 17.0. The van der Waals surface area contributed by atoms with Crippen LogP contribution in [-0.4, -0.2) is 43.0 Å². The van der Waals surface area contributed by atoms with Crippen LogP contribution in [0.2, 0.25) is 0 Å². The third-order valence-electron chi connectivity index (χ3n) is 2.97. The van der Waals surface area contributed by atoms with Crippen molar-refractivity contribution in [1.82, 2.24) is 0 Å². The number of unbranched alkanes of at least 4 members (excludes halogenated alkanes) is 1. The maximum atomic E-state index is 9.58. The number of hydrogen-bond acceptors (Lipinski definition) is 7. The maximum Gasteiger partial charge on any atom is 0.423 e. The molecule has 0 spiro atoms. The first kappa shape index (κ1) is 21.4. The Morgan fingerprint density at radius 2 is 1.96 bits per heavy atom. The van der Waals surface area contributed by atoms with Crippen molar-refractivity contribution in [3.8, 4) is 0 Å². The summed E-state index contributed by atoms with van der Waals surface area (Å²) in [6, 6.07) is 0. The van der Waals surface area contributed by atoms with E-state index in [1.54, 1.807) is 20.8 Å². The summed E-state index contributed by atoms with van der Waals surface area (Å²) in [4.78, 5) is 0. The highest BCUT2D eigenvalue weighted by Crippen LogP contribution is 2.30. The lowest BCUT2D eigenvalue weighted by atomic mass is 10.1. The summed E-state index contributed by atoms with van der Waals surface area (Å²) in [5, 5.41) is 12.9. The molecule has 2 unspecified atom stereocenters. The molecule has 0 aromatic rings. The SMILES string of the molecule is C=COC(OCCCC)(OC(=C)C)C(=NO)C(C)(OC)OCC. The van der Waals surface area contributed by atoms with E-state index >= 15 is 0 Å². The van der Waals surface area contributed by atoms with Crippen LogP contribution in [0.3, 0.4) is 0 Å². The summed E-state index contributed by atoms with van der Waals surface area (Å²) in [7, 11) is 1.41. The van der Waals surface area contributed by atoms with Gasteiger partial charge in [0.05, 0.1) is 18.6 Å². The Morgan fingerprint density at radius 1 is 1.30 bits per heavy atom. The van der Waals surface area contributed by atoms with Crippen LogP contribution in [0, 0.1) is 0 Å². The van der Waals surface area contributed by atoms with E-state index < -0.39 is 11.8 Å². The fourth-order valence-electron chi connectivity index (χ4n) is 1.88. The molecule has 0 rings (SSSR count). The molecule has 134 valence electrons. The highest BCUT2D eigenvalue weighted by atomic mass is 16.9. The van der Waals surface area contributed by atoms with Crippen molar-refractivity contribution < 1.29 is 28.9 Å². The Kier molecular flexibility index (Phi) is 9.55. The Labute approximate surface area is 138 Å². The molecule has 0 amide bonds. The van der Waals surface area contributed by atoms with Crippen LogP contribution >= 0.6 is 0 Å². The standard InChI is InChI=1S/C16H29NO6/c1-8-11-12-22-16(21-10-3,23-13(4)5)14(17-18)15(6,19-7)20-9-2/h10,18H,3-4,8-9,11-12H2,1-2,5-7H3. The van der Waals surface area contributed by atoms with Crippen molar-refractivity contribution in [1.29, 1.82) is 0 Å². The van der Waals surface area contributed by atoms with Crippen molar-refractivity contribution in [2.75, 3.05) is 20.3 Å². The molecule has 0 saturated carbocycles. The molecule has 23 heavy (non-hydrogen) atoms. The summed E-state index contributed by atoms with van der Waals surface area (Å²) in [6.07, 6.45) is 2.77. The van der Waals surface area contributed by atoms with E-state index in [0.29, 0.717) is 19.0 Å². The van der Waals surface area contributed by atoms with Gasteiger partial charge < -0.3 is 28.9 Å². The minimum Gasteiger partial charge on any atom is -0.434 e. The second-order valence-electron chi connectivity index (χ2n) is 4.88. The third kappa shape index (κ3) is 5.85. The average Bonchev–Trinajstić information content (AvgIpc) is 2.48. The zero-order chi connectivity index (χ0) is 17.9. The molecule has 0 aromatic carbocycles. The molecule has 0 aromatic heterocycles. The first-order valence-electron chi connectivity index (χ1n) is 7.55. The van der Waals surface area contributed by atoms with Crippen LogP contribution in [0.25, 0.3) is 0 Å². The van der Waals surface area contributed by atoms with E-state index in [2.05, 4.69) is 18.3 Å². The average molecular weight is 331 g/mol. The second kappa shape index (κ2) is 10.3. The van der Waals surface area contributed by atoms with Gasteiger partial charge in [-0.15, -0.1) is 0 Å². The monoisotopic (exact) mass is 331 g/mol. The van der Waals surface area contributed by atoms with Crippen LogP contribution < -0.4 is 0 Å². The molecule has 0 radical (unpaired) electrons. The van der Waals surface area contributed by atoms with E-state index in [4.69, 9.17) is 23.7 Å². The van der Waals surface area contributed by atoms with Crippen molar-refractivity contribution in [3.05, 3.63) is 25.2 Å². The van der Waals surface area contributed by atoms with Crippen molar-refractivity contribution in [2.24, 2.45) is 5.16 Å². The molecule has 0 saturated heterocycles. The molecule has 7 nitrogen and oxygen atoms in total. The lowest BCUT2D eigenvalue weighted by Gasteiger charge is -2.38. The van der Waals surface area contributed by atoms with Crippen LogP contribution in [0.1, 0.15) is 40.5 Å². The van der Waals surface area contributed by atoms with E-state index in [0.717, 1.165) is 19.1 Å². The van der Waals surface area contributed by atoms with Crippen LogP contribution in [-0.2, 0) is 23.7 Å². The van der Waals surface area contributed by atoms with Crippen LogP contribution in [0.5, 0.6) is 0 Å². The predicted octanol–water partition coefficient (Wildman–Crippen LogP) is 3.40. The predicted molar refractivity (Wildman–Crippen MR) is 87.0 cm³/mol. The number of oxime groups is 1. The Balaban J connectivity index is 5.89. The molecule has 7 heteroatoms. The number of nitrogens with zero attached hydrogens (tertiary/aromatic N) is 1. The van der Waals surface area contributed by atoms with Crippen molar-refractivity contribution in [3.63, 3.8) is 0 Å². The minimum atomic E-state index is -1.89. The number of hydrogen-bond donors (Lipinski definition) is 1. The summed E-state index contributed by atoms with van der Waals surface area (Å²) >= 11 is 0. The molecule has 0 fully saturated rings. The topological polar surface area (TPSA) is 78.7 Å². The quantitative estimate of drug-likeness (QED) is 0.139. The van der Waals surface area contributed by atoms with Gasteiger partial charge in [-0.3, -0.25) is 0 Å². The maximum absolute atomic E-state index is 9.58. The minimum absolute atomic E-state index is 0.145. The first-order valence-corrected chi connectivity index (χ1v) is 7.55. The summed E-state index contributed by atoms with van der Waals surface area (Å²) in [5.74, 6) is -3.04. The molecule has 2 atom stereocenters. The molecule has 0 aliphatic carbocycles. The molecule has 0 aliphatic rings. The molecule has 0 aliphatic heterocycles. The van der Waals surface area contributed by atoms with Gasteiger partial charge >= 0.3 is 5.97 Å². The first-order chi connectivity index (χ1) is 10.9. The molecule has 0 bridgehead atoms. The Bertz CT molecular complexity index is 411. The Morgan fingerprint density at radius 3 is 2.35 bits per heavy atom. The number of rotatable bonds is 13. The molecule has 0 heterocycles. The molecular weight excluding hydrogens is 302 g/mol. The van der Waals surface area contributed by atoms with Crippen LogP contribution in [0.15, 0.2) is 30.3 Å². The van der Waals surface area contributed by atoms with Gasteiger partial charge in [-0.2, -0.15) is 0 Å². The largest absolute Gasteiger partial charge is 0.434 e. The van der Waals surface area contributed by atoms with Gasteiger partial charge in [0.2, 0.25) is 11.5 Å². The number of methoxy groups -OCH3 is 1. The highest BCUT2D eigenvalue weighted by Gasteiger charge is 2.54. The third-order valence-corrected chi connectivity index (χ3v) is 2.97. The second-order valence-corrected chi connectivity index (χ2v) is 4.88. The summed E-state index contributed by atoms with van der Waals surface area (Å²) in [6.45, 7) is 14.8. The van der Waals surface area contributed by atoms with E-state index in [1.165, 1.54) is 7.11 Å². The van der Waals surface area contributed by atoms with E-state index in [-0.39, 0.29) is 5.71 Å². The summed E-state index contributed by atoms with van der Waals surface area (Å²) in [5.41, 5.74) is -0.145. The van der Waals surface area contributed by atoms with Gasteiger partial charge in [0.1, 0.15) is 0 Å². The smallest absolute Gasteiger partial charge is 0.423 e. The zero-order valence-electron chi connectivity index (χ0n) is 14.8. The van der Waals surface area contributed by atoms with Gasteiger partial charge in [-0.05, 0) is 27.2 Å². The van der Waals surface area contributed by atoms with Gasteiger partial charge in [-0.25, -0.2) is 0 Å². The van der Waals surface area contributed by atoms with Gasteiger partial charge in [-0.1, -0.05) is 31.7 Å². The lowest BCUT2D eigenvalue weighted by molar-refractivity contribution is -0.311. The molecule has 1 N–H and O–H groups in total. The number of ether oxygens (including phenoxy) is 5. The van der Waals surface area contributed by atoms with Crippen molar-refractivity contribution >= 4 is 5.71 Å². The van der Waals surface area contributed by atoms with E-state index in [9.17, 15) is 5.21 Å². The van der Waals surface area contributed by atoms with Crippen molar-refractivity contribution in [2.45, 2.75) is 52.3 Å². The highest BCUT2D eigenvalue weighted by molar-refractivity contribution is 5.95.